The molecule has 0 saturated carbocycles. The third-order valence-electron chi connectivity index (χ3n) is 6.25. The highest BCUT2D eigenvalue weighted by Gasteiger charge is 2.28. The molecule has 1 aliphatic rings. The van der Waals surface area contributed by atoms with Crippen LogP contribution in [0, 0.1) is 0 Å². The minimum absolute atomic E-state index is 0.145. The van der Waals surface area contributed by atoms with Gasteiger partial charge in [-0.15, -0.1) is 0 Å². The van der Waals surface area contributed by atoms with Crippen LogP contribution in [0.4, 0.5) is 10.5 Å². The highest BCUT2D eigenvalue weighted by molar-refractivity contribution is 6.05. The number of carbonyl (C=O) groups excluding carboxylic acids is 2. The number of amides is 2. The van der Waals surface area contributed by atoms with Gasteiger partial charge in [-0.2, -0.15) is 5.10 Å². The van der Waals surface area contributed by atoms with E-state index >= 15 is 0 Å². The van der Waals surface area contributed by atoms with Crippen molar-refractivity contribution in [2.75, 3.05) is 25.5 Å². The normalized spacial score (nSPS) is 14.5. The van der Waals surface area contributed by atoms with Gasteiger partial charge in [0.25, 0.3) is 5.91 Å². The molecule has 4 heterocycles. The Morgan fingerprint density at radius 2 is 1.87 bits per heavy atom. The second-order valence-electron chi connectivity index (χ2n) is 10.1. The van der Waals surface area contributed by atoms with Crippen molar-refractivity contribution in [1.29, 1.82) is 0 Å². The molecule has 0 spiro atoms. The number of piperidine rings is 1. The van der Waals surface area contributed by atoms with Crippen molar-refractivity contribution in [1.82, 2.24) is 24.6 Å². The van der Waals surface area contributed by atoms with Gasteiger partial charge in [-0.1, -0.05) is 0 Å². The summed E-state index contributed by atoms with van der Waals surface area (Å²) >= 11 is 0. The second kappa shape index (κ2) is 10.2. The van der Waals surface area contributed by atoms with Crippen molar-refractivity contribution in [3.63, 3.8) is 0 Å². The molecule has 1 saturated heterocycles. The first-order chi connectivity index (χ1) is 18.2. The second-order valence-corrected chi connectivity index (χ2v) is 10.1. The van der Waals surface area contributed by atoms with Gasteiger partial charge in [0.2, 0.25) is 5.89 Å². The van der Waals surface area contributed by atoms with E-state index in [2.05, 4.69) is 15.3 Å². The summed E-state index contributed by atoms with van der Waals surface area (Å²) in [7, 11) is 1.54. The smallest absolute Gasteiger partial charge is 0.410 e. The minimum Gasteiger partial charge on any atom is -0.494 e. The Morgan fingerprint density at radius 1 is 1.13 bits per heavy atom. The number of pyridine rings is 1. The lowest BCUT2D eigenvalue weighted by Crippen LogP contribution is -2.42. The zero-order chi connectivity index (χ0) is 26.9. The molecule has 1 N–H and O–H groups in total. The molecule has 198 valence electrons. The maximum absolute atomic E-state index is 12.9. The van der Waals surface area contributed by atoms with Gasteiger partial charge in [-0.25, -0.2) is 9.78 Å². The van der Waals surface area contributed by atoms with Crippen molar-refractivity contribution >= 4 is 28.6 Å². The number of likely N-dealkylation sites (tertiary alicyclic amines) is 1. The number of hydrogen-bond acceptors (Lipinski definition) is 8. The number of anilines is 1. The van der Waals surface area contributed by atoms with Gasteiger partial charge < -0.3 is 24.1 Å². The molecule has 5 rings (SSSR count). The zero-order valence-electron chi connectivity index (χ0n) is 21.8. The molecule has 2 amide bonds. The molecule has 4 aromatic rings. The van der Waals surface area contributed by atoms with Crippen LogP contribution in [0.15, 0.2) is 53.5 Å². The summed E-state index contributed by atoms with van der Waals surface area (Å²) in [5.41, 5.74) is 1.59. The van der Waals surface area contributed by atoms with Crippen LogP contribution in [0.1, 0.15) is 50.1 Å². The Bertz CT molecular complexity index is 1450. The fourth-order valence-corrected chi connectivity index (χ4v) is 4.36. The predicted molar refractivity (Wildman–Crippen MR) is 140 cm³/mol. The maximum atomic E-state index is 12.9. The summed E-state index contributed by atoms with van der Waals surface area (Å²) in [6.45, 7) is 6.79. The topological polar surface area (TPSA) is 125 Å². The van der Waals surface area contributed by atoms with Crippen LogP contribution in [0.25, 0.3) is 22.4 Å². The van der Waals surface area contributed by atoms with Gasteiger partial charge in [0, 0.05) is 48.7 Å². The third kappa shape index (κ3) is 5.46. The lowest BCUT2D eigenvalue weighted by atomic mass is 10.1. The molecule has 0 aliphatic carbocycles. The molecule has 1 aromatic carbocycles. The number of oxazole rings is 1. The van der Waals surface area contributed by atoms with E-state index in [0.29, 0.717) is 30.4 Å². The molecule has 3 aromatic heterocycles. The number of carbonyl (C=O) groups is 2. The van der Waals surface area contributed by atoms with Gasteiger partial charge in [-0.3, -0.25) is 14.5 Å². The first kappa shape index (κ1) is 25.2. The van der Waals surface area contributed by atoms with Crippen LogP contribution in [0.3, 0.4) is 0 Å². The molecule has 1 aliphatic heterocycles. The highest BCUT2D eigenvalue weighted by Crippen LogP contribution is 2.32. The Balaban J connectivity index is 1.29. The standard InChI is InChI=1S/C27H30N6O5/c1-27(2,3)38-26(35)32-11-7-19(8-12-32)33-15-18-13-21(23(36-4)14-20(18)31-33)29-24(34)22-16-37-25(30-22)17-5-9-28-10-6-17/h5-6,9-10,13-16,19H,7-8,11-12H2,1-4H3,(H,29,34). The van der Waals surface area contributed by atoms with E-state index in [1.54, 1.807) is 35.5 Å². The molecular formula is C27H30N6O5. The van der Waals surface area contributed by atoms with Crippen molar-refractivity contribution < 1.29 is 23.5 Å². The zero-order valence-corrected chi connectivity index (χ0v) is 21.8. The number of benzene rings is 1. The summed E-state index contributed by atoms with van der Waals surface area (Å²) < 4.78 is 18.4. The number of ether oxygens (including phenoxy) is 2. The summed E-state index contributed by atoms with van der Waals surface area (Å²) in [6, 6.07) is 7.27. The first-order valence-corrected chi connectivity index (χ1v) is 12.4. The monoisotopic (exact) mass is 518 g/mol. The van der Waals surface area contributed by atoms with Gasteiger partial charge in [-0.05, 0) is 51.8 Å². The molecular weight excluding hydrogens is 488 g/mol. The van der Waals surface area contributed by atoms with E-state index in [-0.39, 0.29) is 17.8 Å². The molecule has 0 unspecified atom stereocenters. The number of aromatic nitrogens is 4. The Kier molecular flexibility index (Phi) is 6.75. The van der Waals surface area contributed by atoms with Gasteiger partial charge in [0.05, 0.1) is 24.4 Å². The van der Waals surface area contributed by atoms with Crippen LogP contribution in [-0.2, 0) is 4.74 Å². The van der Waals surface area contributed by atoms with Crippen LogP contribution in [0.2, 0.25) is 0 Å². The predicted octanol–water partition coefficient (Wildman–Crippen LogP) is 4.92. The molecule has 0 atom stereocenters. The summed E-state index contributed by atoms with van der Waals surface area (Å²) in [4.78, 5) is 35.3. The highest BCUT2D eigenvalue weighted by atomic mass is 16.6. The van der Waals surface area contributed by atoms with Gasteiger partial charge >= 0.3 is 6.09 Å². The van der Waals surface area contributed by atoms with E-state index in [4.69, 9.17) is 19.0 Å². The number of methoxy groups -OCH3 is 1. The maximum Gasteiger partial charge on any atom is 0.410 e. The molecule has 38 heavy (non-hydrogen) atoms. The number of hydrogen-bond donors (Lipinski definition) is 1. The number of rotatable bonds is 5. The molecule has 0 radical (unpaired) electrons. The van der Waals surface area contributed by atoms with Crippen LogP contribution < -0.4 is 10.1 Å². The third-order valence-corrected chi connectivity index (χ3v) is 6.25. The molecule has 1 fully saturated rings. The van der Waals surface area contributed by atoms with E-state index in [0.717, 1.165) is 29.3 Å². The lowest BCUT2D eigenvalue weighted by molar-refractivity contribution is 0.0185. The van der Waals surface area contributed by atoms with Crippen molar-refractivity contribution in [2.24, 2.45) is 0 Å². The van der Waals surface area contributed by atoms with Crippen molar-refractivity contribution in [3.8, 4) is 17.2 Å². The summed E-state index contributed by atoms with van der Waals surface area (Å²) in [5.74, 6) is 0.390. The Labute approximate surface area is 219 Å². The van der Waals surface area contributed by atoms with Crippen molar-refractivity contribution in [3.05, 3.63) is 54.8 Å². The van der Waals surface area contributed by atoms with Crippen LogP contribution in [0.5, 0.6) is 5.75 Å². The fraction of sp³-hybridized carbons (Fsp3) is 0.370. The average molecular weight is 519 g/mol. The molecule has 11 nitrogen and oxygen atoms in total. The number of nitrogens with one attached hydrogen (secondary N) is 1. The number of nitrogens with zero attached hydrogens (tertiary/aromatic N) is 5. The lowest BCUT2D eigenvalue weighted by Gasteiger charge is -2.33. The van der Waals surface area contributed by atoms with Crippen LogP contribution >= 0.6 is 0 Å². The van der Waals surface area contributed by atoms with Gasteiger partial charge in [0.1, 0.15) is 17.6 Å². The number of fused-ring (bicyclic) bond motifs is 1. The molecule has 11 heteroatoms. The molecule has 0 bridgehead atoms. The van der Waals surface area contributed by atoms with Gasteiger partial charge in [0.15, 0.2) is 5.69 Å². The van der Waals surface area contributed by atoms with E-state index < -0.39 is 11.5 Å². The van der Waals surface area contributed by atoms with Crippen molar-refractivity contribution in [2.45, 2.75) is 45.3 Å². The first-order valence-electron chi connectivity index (χ1n) is 12.4. The van der Waals surface area contributed by atoms with E-state index in [9.17, 15) is 9.59 Å². The SMILES string of the molecule is COc1cc2nn(C3CCN(C(=O)OC(C)(C)C)CC3)cc2cc1NC(=O)c1coc(-c2ccncc2)n1. The van der Waals surface area contributed by atoms with E-state index in [1.807, 2.05) is 37.7 Å². The Hall–Kier alpha value is -4.41. The quantitative estimate of drug-likeness (QED) is 0.395. The van der Waals surface area contributed by atoms with Crippen LogP contribution in [-0.4, -0.2) is 62.4 Å². The average Bonchev–Trinajstić information content (AvgIpc) is 3.55. The minimum atomic E-state index is -0.518. The summed E-state index contributed by atoms with van der Waals surface area (Å²) in [5, 5.41) is 8.47. The Morgan fingerprint density at radius 3 is 2.55 bits per heavy atom. The summed E-state index contributed by atoms with van der Waals surface area (Å²) in [6.07, 6.45) is 7.77. The van der Waals surface area contributed by atoms with E-state index in [1.165, 1.54) is 13.4 Å². The largest absolute Gasteiger partial charge is 0.494 e. The fourth-order valence-electron chi connectivity index (χ4n) is 4.36.